The Balaban J connectivity index is 2.00. The number of ether oxygens (including phenoxy) is 1. The molecule has 2 aromatic rings. The van der Waals surface area contributed by atoms with Crippen molar-refractivity contribution in [1.82, 2.24) is 4.98 Å². The summed E-state index contributed by atoms with van der Waals surface area (Å²) in [5.74, 6) is 0. The van der Waals surface area contributed by atoms with Crippen LogP contribution in [0.2, 0.25) is 0 Å². The lowest BCUT2D eigenvalue weighted by molar-refractivity contribution is 0.304. The molecular weight excluding hydrogens is 254 g/mol. The lowest BCUT2D eigenvalue weighted by Gasteiger charge is -2.05. The van der Waals surface area contributed by atoms with Gasteiger partial charge in [0.1, 0.15) is 12.9 Å². The summed E-state index contributed by atoms with van der Waals surface area (Å²) in [6, 6.07) is 8.07. The van der Waals surface area contributed by atoms with Gasteiger partial charge in [-0.15, -0.1) is 0 Å². The van der Waals surface area contributed by atoms with Gasteiger partial charge in [0.25, 0.3) is 5.19 Å². The molecule has 5 heteroatoms. The van der Waals surface area contributed by atoms with Gasteiger partial charge in [0, 0.05) is 0 Å². The normalized spacial score (nSPS) is 12.4. The second kappa shape index (κ2) is 5.53. The molecule has 0 aliphatic heterocycles. The first kappa shape index (κ1) is 12.4. The van der Waals surface area contributed by atoms with Crippen LogP contribution in [0, 0.1) is 6.92 Å². The number of hydrogen-bond donors (Lipinski definition) is 0. The van der Waals surface area contributed by atoms with Gasteiger partial charge in [-0.2, -0.15) is 0 Å². The molecule has 90 valence electrons. The van der Waals surface area contributed by atoms with E-state index in [1.165, 1.54) is 16.9 Å². The van der Waals surface area contributed by atoms with E-state index in [1.807, 2.05) is 31.2 Å². The topological polar surface area (TPSA) is 45.2 Å². The van der Waals surface area contributed by atoms with Gasteiger partial charge < -0.3 is 9.29 Å². The van der Waals surface area contributed by atoms with E-state index in [4.69, 9.17) is 4.74 Å². The highest BCUT2D eigenvalue weighted by atomic mass is 32.2. The minimum atomic E-state index is -0.985. The zero-order valence-electron chi connectivity index (χ0n) is 9.67. The van der Waals surface area contributed by atoms with Gasteiger partial charge in [0.2, 0.25) is 4.21 Å². The quantitative estimate of drug-likeness (QED) is 0.800. The van der Waals surface area contributed by atoms with Crippen molar-refractivity contribution in [2.24, 2.45) is 0 Å². The summed E-state index contributed by atoms with van der Waals surface area (Å²) >= 11 is 0.348. The van der Waals surface area contributed by atoms with Gasteiger partial charge in [0.05, 0.1) is 6.20 Å². The molecule has 0 saturated carbocycles. The van der Waals surface area contributed by atoms with Crippen molar-refractivity contribution >= 4 is 22.5 Å². The zero-order chi connectivity index (χ0) is 12.3. The minimum absolute atomic E-state index is 0.496. The first-order chi connectivity index (χ1) is 8.16. The Morgan fingerprint density at radius 2 is 2.18 bits per heavy atom. The smallest absolute Gasteiger partial charge is 0.278 e. The second-order valence-corrected chi connectivity index (χ2v) is 6.21. The molecule has 0 amide bonds. The monoisotopic (exact) mass is 267 g/mol. The van der Waals surface area contributed by atoms with E-state index in [1.54, 1.807) is 12.5 Å². The summed E-state index contributed by atoms with van der Waals surface area (Å²) < 4.78 is 17.5. The number of nitrogens with zero attached hydrogens (tertiary/aromatic N) is 1. The predicted molar refractivity (Wildman–Crippen MR) is 70.0 cm³/mol. The van der Waals surface area contributed by atoms with Crippen molar-refractivity contribution in [3.8, 4) is 5.19 Å². The van der Waals surface area contributed by atoms with Crippen molar-refractivity contribution in [3.05, 3.63) is 41.6 Å². The van der Waals surface area contributed by atoms with Crippen LogP contribution >= 0.6 is 11.3 Å². The van der Waals surface area contributed by atoms with Gasteiger partial charge in [-0.05, 0) is 40.6 Å². The highest BCUT2D eigenvalue weighted by Gasteiger charge is 2.11. The fraction of sp³-hybridized carbons (Fsp3) is 0.250. The summed E-state index contributed by atoms with van der Waals surface area (Å²) in [5, 5.41) is 0.568. The zero-order valence-corrected chi connectivity index (χ0v) is 11.3. The van der Waals surface area contributed by atoms with Crippen LogP contribution in [0.3, 0.4) is 0 Å². The van der Waals surface area contributed by atoms with Crippen molar-refractivity contribution in [1.29, 1.82) is 0 Å². The Morgan fingerprint density at radius 1 is 1.41 bits per heavy atom. The molecule has 17 heavy (non-hydrogen) atoms. The Hall–Kier alpha value is -1.04. The third-order valence-corrected chi connectivity index (χ3v) is 4.69. The van der Waals surface area contributed by atoms with Crippen molar-refractivity contribution in [2.75, 3.05) is 6.26 Å². The lowest BCUT2D eigenvalue weighted by atomic mass is 10.1. The minimum Gasteiger partial charge on any atom is -0.611 e. The van der Waals surface area contributed by atoms with E-state index in [-0.39, 0.29) is 0 Å². The molecule has 0 spiro atoms. The number of thiazole rings is 1. The SMILES string of the molecule is Cc1ccccc1COc1ncc([S+](C)[O-])s1. The molecule has 0 aliphatic carbocycles. The molecule has 3 nitrogen and oxygen atoms in total. The Bertz CT molecular complexity index is 497. The van der Waals surface area contributed by atoms with Gasteiger partial charge >= 0.3 is 0 Å². The van der Waals surface area contributed by atoms with Crippen LogP contribution in [-0.2, 0) is 17.8 Å². The average Bonchev–Trinajstić information content (AvgIpc) is 2.77. The van der Waals surface area contributed by atoms with Crippen molar-refractivity contribution in [2.45, 2.75) is 17.7 Å². The number of rotatable bonds is 4. The van der Waals surface area contributed by atoms with E-state index >= 15 is 0 Å². The molecule has 0 fully saturated rings. The summed E-state index contributed by atoms with van der Waals surface area (Å²) in [6.45, 7) is 2.54. The van der Waals surface area contributed by atoms with Crippen LogP contribution in [0.25, 0.3) is 0 Å². The molecular formula is C12H13NO2S2. The molecule has 0 saturated heterocycles. The molecule has 0 N–H and O–H groups in total. The van der Waals surface area contributed by atoms with Gasteiger partial charge in [-0.3, -0.25) is 0 Å². The maximum absolute atomic E-state index is 11.2. The van der Waals surface area contributed by atoms with Crippen LogP contribution in [0.4, 0.5) is 0 Å². The highest BCUT2D eigenvalue weighted by Crippen LogP contribution is 2.25. The van der Waals surface area contributed by atoms with E-state index in [0.29, 0.717) is 11.8 Å². The number of hydrogen-bond acceptors (Lipinski definition) is 4. The van der Waals surface area contributed by atoms with Crippen LogP contribution in [-0.4, -0.2) is 15.8 Å². The lowest BCUT2D eigenvalue weighted by Crippen LogP contribution is -1.96. The van der Waals surface area contributed by atoms with Crippen LogP contribution < -0.4 is 4.74 Å². The molecule has 0 aliphatic rings. The van der Waals surface area contributed by atoms with Crippen molar-refractivity contribution in [3.63, 3.8) is 0 Å². The van der Waals surface area contributed by atoms with Gasteiger partial charge in [-0.25, -0.2) is 4.98 Å². The van der Waals surface area contributed by atoms with Crippen molar-refractivity contribution < 1.29 is 9.29 Å². The first-order valence-electron chi connectivity index (χ1n) is 5.13. The Kier molecular flexibility index (Phi) is 4.04. The van der Waals surface area contributed by atoms with Crippen LogP contribution in [0.5, 0.6) is 5.19 Å². The van der Waals surface area contributed by atoms with E-state index in [2.05, 4.69) is 4.98 Å². The van der Waals surface area contributed by atoms with E-state index in [9.17, 15) is 4.55 Å². The number of aryl methyl sites for hydroxylation is 1. The maximum atomic E-state index is 11.2. The van der Waals surface area contributed by atoms with Gasteiger partial charge in [0.15, 0.2) is 0 Å². The van der Waals surface area contributed by atoms with E-state index < -0.39 is 11.2 Å². The largest absolute Gasteiger partial charge is 0.611 e. The second-order valence-electron chi connectivity index (χ2n) is 3.61. The maximum Gasteiger partial charge on any atom is 0.278 e. The standard InChI is InChI=1S/C12H13NO2S2/c1-9-5-3-4-6-10(9)8-15-12-13-7-11(16-12)17(2)14/h3-7H,8H2,1-2H3. The fourth-order valence-corrected chi connectivity index (χ4v) is 2.74. The summed E-state index contributed by atoms with van der Waals surface area (Å²) in [5.41, 5.74) is 2.34. The summed E-state index contributed by atoms with van der Waals surface area (Å²) in [4.78, 5) is 4.09. The average molecular weight is 267 g/mol. The molecule has 1 atom stereocenters. The Labute approximate surface area is 108 Å². The highest BCUT2D eigenvalue weighted by molar-refractivity contribution is 7.92. The molecule has 0 radical (unpaired) electrons. The molecule has 1 aromatic heterocycles. The summed E-state index contributed by atoms with van der Waals surface area (Å²) in [7, 11) is 0. The van der Waals surface area contributed by atoms with Gasteiger partial charge in [-0.1, -0.05) is 24.3 Å². The Morgan fingerprint density at radius 3 is 2.82 bits per heavy atom. The van der Waals surface area contributed by atoms with E-state index in [0.717, 1.165) is 9.77 Å². The molecule has 0 bridgehead atoms. The fourth-order valence-electron chi connectivity index (χ4n) is 1.36. The third kappa shape index (κ3) is 3.21. The predicted octanol–water partition coefficient (Wildman–Crippen LogP) is 2.77. The van der Waals surface area contributed by atoms with Crippen LogP contribution in [0.1, 0.15) is 11.1 Å². The molecule has 1 aromatic carbocycles. The van der Waals surface area contributed by atoms with Crippen LogP contribution in [0.15, 0.2) is 34.7 Å². The third-order valence-electron chi connectivity index (χ3n) is 2.36. The molecule has 1 unspecified atom stereocenters. The molecule has 1 heterocycles. The first-order valence-corrected chi connectivity index (χ1v) is 7.51. The number of aromatic nitrogens is 1. The number of benzene rings is 1. The molecule has 2 rings (SSSR count). The summed E-state index contributed by atoms with van der Waals surface area (Å²) in [6.07, 6.45) is 3.24.